The predicted molar refractivity (Wildman–Crippen MR) is 50.3 cm³/mol. The molecule has 0 aliphatic rings. The topological polar surface area (TPSA) is 73.6 Å². The molecule has 0 radical (unpaired) electrons. The van der Waals surface area contributed by atoms with Gasteiger partial charge in [-0.15, -0.1) is 0 Å². The van der Waals surface area contributed by atoms with Crippen LogP contribution in [0.25, 0.3) is 0 Å². The van der Waals surface area contributed by atoms with E-state index >= 15 is 0 Å². The maximum absolute atomic E-state index is 5.64. The average Bonchev–Trinajstić information content (AvgIpc) is 2.10. The standard InChI is InChI=1S/C8H15N3O/c1-3-11-12-5-4-8(10)7(2)6-9/h3-6,8H,9-10H2,1-2H3/b5-4+,7-6+,11-3+. The van der Waals surface area contributed by atoms with Crippen molar-refractivity contribution in [1.82, 2.24) is 0 Å². The van der Waals surface area contributed by atoms with Crippen LogP contribution in [-0.4, -0.2) is 12.3 Å². The van der Waals surface area contributed by atoms with Gasteiger partial charge in [-0.3, -0.25) is 0 Å². The lowest BCUT2D eigenvalue weighted by atomic mass is 10.1. The molecule has 1 atom stereocenters. The van der Waals surface area contributed by atoms with Crippen molar-refractivity contribution in [3.05, 3.63) is 24.1 Å². The SMILES string of the molecule is C/C=N/O/C=C/C(N)/C(C)=C/N. The summed E-state index contributed by atoms with van der Waals surface area (Å²) in [6.07, 6.45) is 6.11. The highest BCUT2D eigenvalue weighted by Crippen LogP contribution is 1.97. The summed E-state index contributed by atoms with van der Waals surface area (Å²) in [5.74, 6) is 0. The zero-order valence-corrected chi connectivity index (χ0v) is 7.40. The maximum atomic E-state index is 5.64. The fourth-order valence-electron chi connectivity index (χ4n) is 0.479. The highest BCUT2D eigenvalue weighted by molar-refractivity contribution is 5.52. The van der Waals surface area contributed by atoms with Crippen molar-refractivity contribution < 1.29 is 4.84 Å². The predicted octanol–water partition coefficient (Wildman–Crippen LogP) is 0.712. The summed E-state index contributed by atoms with van der Waals surface area (Å²) in [5.41, 5.74) is 11.8. The van der Waals surface area contributed by atoms with E-state index in [0.717, 1.165) is 5.57 Å². The van der Waals surface area contributed by atoms with Gasteiger partial charge in [0, 0.05) is 12.3 Å². The van der Waals surface area contributed by atoms with Gasteiger partial charge in [-0.25, -0.2) is 0 Å². The Labute approximate surface area is 72.6 Å². The Morgan fingerprint density at radius 2 is 2.25 bits per heavy atom. The molecule has 0 spiro atoms. The third-order valence-corrected chi connectivity index (χ3v) is 1.30. The quantitative estimate of drug-likeness (QED) is 0.370. The fourth-order valence-corrected chi connectivity index (χ4v) is 0.479. The van der Waals surface area contributed by atoms with E-state index in [9.17, 15) is 0 Å². The fraction of sp³-hybridized carbons (Fsp3) is 0.375. The molecule has 0 rings (SSSR count). The van der Waals surface area contributed by atoms with Gasteiger partial charge in [0.15, 0.2) is 0 Å². The van der Waals surface area contributed by atoms with Gasteiger partial charge in [0.2, 0.25) is 0 Å². The highest BCUT2D eigenvalue weighted by atomic mass is 16.6. The van der Waals surface area contributed by atoms with Crippen molar-refractivity contribution in [1.29, 1.82) is 0 Å². The molecule has 0 fully saturated rings. The Morgan fingerprint density at radius 3 is 2.75 bits per heavy atom. The Bertz CT molecular complexity index is 196. The summed E-state index contributed by atoms with van der Waals surface area (Å²) in [6.45, 7) is 3.61. The molecule has 0 aliphatic carbocycles. The van der Waals surface area contributed by atoms with Gasteiger partial charge in [0.25, 0.3) is 0 Å². The van der Waals surface area contributed by atoms with Crippen LogP contribution in [0.5, 0.6) is 0 Å². The molecule has 0 aliphatic heterocycles. The van der Waals surface area contributed by atoms with Crippen LogP contribution in [0.3, 0.4) is 0 Å². The van der Waals surface area contributed by atoms with E-state index in [2.05, 4.69) is 9.99 Å². The van der Waals surface area contributed by atoms with E-state index in [1.807, 2.05) is 6.92 Å². The minimum Gasteiger partial charge on any atom is -0.405 e. The second-order valence-corrected chi connectivity index (χ2v) is 2.23. The summed E-state index contributed by atoms with van der Waals surface area (Å²) in [6, 6.07) is -0.206. The zero-order chi connectivity index (χ0) is 9.40. The Kier molecular flexibility index (Phi) is 5.73. The molecular formula is C8H15N3O. The van der Waals surface area contributed by atoms with Crippen molar-refractivity contribution >= 4 is 6.21 Å². The van der Waals surface area contributed by atoms with E-state index in [1.54, 1.807) is 19.2 Å². The largest absolute Gasteiger partial charge is 0.405 e. The summed E-state index contributed by atoms with van der Waals surface area (Å²) < 4.78 is 0. The van der Waals surface area contributed by atoms with Crippen LogP contribution >= 0.6 is 0 Å². The third-order valence-electron chi connectivity index (χ3n) is 1.30. The minimum atomic E-state index is -0.206. The number of hydrogen-bond acceptors (Lipinski definition) is 4. The van der Waals surface area contributed by atoms with Crippen LogP contribution in [-0.2, 0) is 4.84 Å². The van der Waals surface area contributed by atoms with Crippen molar-refractivity contribution in [3.63, 3.8) is 0 Å². The van der Waals surface area contributed by atoms with E-state index in [1.165, 1.54) is 12.5 Å². The first-order valence-corrected chi connectivity index (χ1v) is 3.66. The third kappa shape index (κ3) is 4.51. The van der Waals surface area contributed by atoms with E-state index in [4.69, 9.17) is 11.5 Å². The van der Waals surface area contributed by atoms with E-state index in [0.29, 0.717) is 0 Å². The summed E-state index contributed by atoms with van der Waals surface area (Å²) in [4.78, 5) is 4.69. The second kappa shape index (κ2) is 6.42. The lowest BCUT2D eigenvalue weighted by Crippen LogP contribution is -2.18. The van der Waals surface area contributed by atoms with E-state index in [-0.39, 0.29) is 6.04 Å². The number of oxime groups is 1. The van der Waals surface area contributed by atoms with Gasteiger partial charge in [-0.1, -0.05) is 5.16 Å². The van der Waals surface area contributed by atoms with Crippen LogP contribution in [0.2, 0.25) is 0 Å². The molecule has 68 valence electrons. The molecule has 4 N–H and O–H groups in total. The molecule has 0 aromatic heterocycles. The van der Waals surface area contributed by atoms with Gasteiger partial charge < -0.3 is 16.3 Å². The van der Waals surface area contributed by atoms with Crippen LogP contribution in [0, 0.1) is 0 Å². The summed E-state index contributed by atoms with van der Waals surface area (Å²) in [7, 11) is 0. The second-order valence-electron chi connectivity index (χ2n) is 2.23. The number of rotatable bonds is 4. The summed E-state index contributed by atoms with van der Waals surface area (Å²) >= 11 is 0. The normalized spacial score (nSPS) is 15.8. The molecule has 0 bridgehead atoms. The molecule has 1 unspecified atom stereocenters. The summed E-state index contributed by atoms with van der Waals surface area (Å²) in [5, 5.41) is 3.51. The van der Waals surface area contributed by atoms with Crippen LogP contribution in [0.1, 0.15) is 13.8 Å². The van der Waals surface area contributed by atoms with Gasteiger partial charge in [-0.2, -0.15) is 0 Å². The Balaban J connectivity index is 3.83. The number of nitrogens with two attached hydrogens (primary N) is 2. The van der Waals surface area contributed by atoms with Crippen LogP contribution < -0.4 is 11.5 Å². The monoisotopic (exact) mass is 169 g/mol. The van der Waals surface area contributed by atoms with Crippen molar-refractivity contribution in [3.8, 4) is 0 Å². The molecule has 4 heteroatoms. The first-order chi connectivity index (χ1) is 5.72. The van der Waals surface area contributed by atoms with Gasteiger partial charge in [0.1, 0.15) is 6.26 Å². The smallest absolute Gasteiger partial charge is 0.120 e. The highest BCUT2D eigenvalue weighted by Gasteiger charge is 1.97. The van der Waals surface area contributed by atoms with Crippen molar-refractivity contribution in [2.45, 2.75) is 19.9 Å². The Morgan fingerprint density at radius 1 is 1.58 bits per heavy atom. The Hall–Kier alpha value is -1.29. The molecule has 0 amide bonds. The van der Waals surface area contributed by atoms with Crippen molar-refractivity contribution in [2.75, 3.05) is 0 Å². The number of hydrogen-bond donors (Lipinski definition) is 2. The number of nitrogens with zero attached hydrogens (tertiary/aromatic N) is 1. The van der Waals surface area contributed by atoms with Gasteiger partial charge >= 0.3 is 0 Å². The van der Waals surface area contributed by atoms with Crippen LogP contribution in [0.4, 0.5) is 0 Å². The average molecular weight is 169 g/mol. The molecule has 0 aromatic rings. The minimum absolute atomic E-state index is 0.206. The molecule has 0 saturated carbocycles. The molecule has 0 heterocycles. The molecule has 0 saturated heterocycles. The molecule has 0 aromatic carbocycles. The van der Waals surface area contributed by atoms with E-state index < -0.39 is 0 Å². The first-order valence-electron chi connectivity index (χ1n) is 3.66. The molecule has 4 nitrogen and oxygen atoms in total. The van der Waals surface area contributed by atoms with Gasteiger partial charge in [0.05, 0.1) is 0 Å². The lowest BCUT2D eigenvalue weighted by Gasteiger charge is -2.03. The molecule has 12 heavy (non-hydrogen) atoms. The van der Waals surface area contributed by atoms with Gasteiger partial charge in [-0.05, 0) is 31.7 Å². The molecular weight excluding hydrogens is 154 g/mol. The zero-order valence-electron chi connectivity index (χ0n) is 7.40. The lowest BCUT2D eigenvalue weighted by molar-refractivity contribution is 0.268. The maximum Gasteiger partial charge on any atom is 0.120 e. The van der Waals surface area contributed by atoms with Crippen LogP contribution in [0.15, 0.2) is 29.3 Å². The van der Waals surface area contributed by atoms with Crippen molar-refractivity contribution in [2.24, 2.45) is 16.6 Å². The first kappa shape index (κ1) is 10.7.